The monoisotopic (exact) mass is 389 g/mol. The van der Waals surface area contributed by atoms with Crippen LogP contribution in [0.15, 0.2) is 30.5 Å². The van der Waals surface area contributed by atoms with E-state index in [2.05, 4.69) is 55.4 Å². The molecular formula is C21H25Cl2N3. The number of rotatable bonds is 2. The van der Waals surface area contributed by atoms with E-state index >= 15 is 0 Å². The van der Waals surface area contributed by atoms with Crippen LogP contribution in [-0.2, 0) is 13.0 Å². The summed E-state index contributed by atoms with van der Waals surface area (Å²) < 4.78 is 2.40. The average molecular weight is 390 g/mol. The van der Waals surface area contributed by atoms with Gasteiger partial charge in [-0.3, -0.25) is 0 Å². The Morgan fingerprint density at radius 2 is 2.00 bits per heavy atom. The van der Waals surface area contributed by atoms with Crippen LogP contribution in [-0.4, -0.2) is 16.1 Å². The number of benzene rings is 1. The lowest BCUT2D eigenvalue weighted by molar-refractivity contribution is 0.617. The molecule has 3 aromatic rings. The van der Waals surface area contributed by atoms with Gasteiger partial charge in [0.2, 0.25) is 0 Å². The van der Waals surface area contributed by atoms with Gasteiger partial charge in [0, 0.05) is 35.4 Å². The van der Waals surface area contributed by atoms with Crippen LogP contribution in [0.4, 0.5) is 5.82 Å². The number of hydrogen-bond donors (Lipinski definition) is 0. The van der Waals surface area contributed by atoms with Gasteiger partial charge in [-0.05, 0) is 69.0 Å². The van der Waals surface area contributed by atoms with Crippen LogP contribution in [0.5, 0.6) is 0 Å². The van der Waals surface area contributed by atoms with Gasteiger partial charge in [0.25, 0.3) is 0 Å². The highest BCUT2D eigenvalue weighted by Gasteiger charge is 2.28. The van der Waals surface area contributed by atoms with Gasteiger partial charge in [-0.15, -0.1) is 12.4 Å². The Morgan fingerprint density at radius 1 is 1.23 bits per heavy atom. The minimum atomic E-state index is 0. The standard InChI is InChI=1S/C21H24ClN3.ClH/c1-5-24-14(3)13(2)18-8-10-23-21(20(18)24)25-11-9-16-6-7-17(22)12-19(16)15(25)4;/h6-8,10,12,15H,5,9,11H2,1-4H3;1H. The number of halogens is 2. The van der Waals surface area contributed by atoms with Crippen molar-refractivity contribution in [3.63, 3.8) is 0 Å². The fourth-order valence-electron chi connectivity index (χ4n) is 4.26. The molecule has 0 amide bonds. The Bertz CT molecular complexity index is 962. The largest absolute Gasteiger partial charge is 0.348 e. The number of hydrogen-bond acceptors (Lipinski definition) is 2. The van der Waals surface area contributed by atoms with Gasteiger partial charge < -0.3 is 9.47 Å². The van der Waals surface area contributed by atoms with Crippen molar-refractivity contribution in [2.24, 2.45) is 0 Å². The van der Waals surface area contributed by atoms with E-state index in [-0.39, 0.29) is 18.4 Å². The van der Waals surface area contributed by atoms with E-state index in [1.54, 1.807) is 0 Å². The van der Waals surface area contributed by atoms with Crippen LogP contribution < -0.4 is 4.90 Å². The molecule has 5 heteroatoms. The second kappa shape index (κ2) is 7.13. The third-order valence-electron chi connectivity index (χ3n) is 5.76. The highest BCUT2D eigenvalue weighted by Crippen LogP contribution is 2.38. The summed E-state index contributed by atoms with van der Waals surface area (Å²) in [6.07, 6.45) is 2.98. The van der Waals surface area contributed by atoms with Crippen molar-refractivity contribution in [2.45, 2.75) is 46.7 Å². The summed E-state index contributed by atoms with van der Waals surface area (Å²) in [5.41, 5.74) is 6.67. The number of fused-ring (bicyclic) bond motifs is 2. The zero-order chi connectivity index (χ0) is 17.7. The molecule has 0 aliphatic carbocycles. The van der Waals surface area contributed by atoms with E-state index in [0.717, 1.165) is 30.4 Å². The van der Waals surface area contributed by atoms with Gasteiger partial charge in [0.1, 0.15) is 0 Å². The Kier molecular flexibility index (Phi) is 5.23. The smallest absolute Gasteiger partial charge is 0.153 e. The molecule has 4 rings (SSSR count). The lowest BCUT2D eigenvalue weighted by Gasteiger charge is -2.36. The Balaban J connectivity index is 0.00000196. The first-order valence-electron chi connectivity index (χ1n) is 9.02. The zero-order valence-corrected chi connectivity index (χ0v) is 17.3. The van der Waals surface area contributed by atoms with E-state index in [1.807, 2.05) is 12.3 Å². The molecule has 2 aromatic heterocycles. The van der Waals surface area contributed by atoms with Gasteiger partial charge in [-0.1, -0.05) is 17.7 Å². The summed E-state index contributed by atoms with van der Waals surface area (Å²) in [5.74, 6) is 1.09. The normalized spacial score (nSPS) is 16.5. The highest BCUT2D eigenvalue weighted by atomic mass is 35.5. The van der Waals surface area contributed by atoms with Crippen LogP contribution in [0.1, 0.15) is 42.3 Å². The van der Waals surface area contributed by atoms with Crippen molar-refractivity contribution in [3.8, 4) is 0 Å². The van der Waals surface area contributed by atoms with Crippen LogP contribution in [0.3, 0.4) is 0 Å². The van der Waals surface area contributed by atoms with Crippen molar-refractivity contribution in [2.75, 3.05) is 11.4 Å². The molecule has 1 aliphatic rings. The topological polar surface area (TPSA) is 21.1 Å². The summed E-state index contributed by atoms with van der Waals surface area (Å²) in [7, 11) is 0. The Morgan fingerprint density at radius 3 is 2.73 bits per heavy atom. The molecule has 0 fully saturated rings. The lowest BCUT2D eigenvalue weighted by Crippen LogP contribution is -2.35. The van der Waals surface area contributed by atoms with Crippen LogP contribution in [0, 0.1) is 13.8 Å². The molecular weight excluding hydrogens is 365 g/mol. The first-order valence-corrected chi connectivity index (χ1v) is 9.40. The van der Waals surface area contributed by atoms with Crippen LogP contribution in [0.25, 0.3) is 10.9 Å². The van der Waals surface area contributed by atoms with E-state index in [1.165, 1.54) is 33.3 Å². The fourth-order valence-corrected chi connectivity index (χ4v) is 4.44. The van der Waals surface area contributed by atoms with Crippen molar-refractivity contribution in [3.05, 3.63) is 57.9 Å². The van der Waals surface area contributed by atoms with Crippen molar-refractivity contribution < 1.29 is 0 Å². The molecule has 3 nitrogen and oxygen atoms in total. The molecule has 0 radical (unpaired) electrons. The van der Waals surface area contributed by atoms with Gasteiger partial charge in [0.05, 0.1) is 11.6 Å². The fraction of sp³-hybridized carbons (Fsp3) is 0.381. The van der Waals surface area contributed by atoms with Gasteiger partial charge >= 0.3 is 0 Å². The summed E-state index contributed by atoms with van der Waals surface area (Å²) in [6, 6.07) is 8.69. The van der Waals surface area contributed by atoms with Crippen molar-refractivity contribution >= 4 is 40.7 Å². The SMILES string of the molecule is CCn1c(C)c(C)c2ccnc(N3CCc4ccc(Cl)cc4C3C)c21.Cl. The van der Waals surface area contributed by atoms with E-state index in [4.69, 9.17) is 16.6 Å². The number of anilines is 1. The predicted octanol–water partition coefficient (Wildman–Crippen LogP) is 5.87. The highest BCUT2D eigenvalue weighted by molar-refractivity contribution is 6.30. The summed E-state index contributed by atoms with van der Waals surface area (Å²) in [4.78, 5) is 7.25. The van der Waals surface area contributed by atoms with Crippen molar-refractivity contribution in [1.82, 2.24) is 9.55 Å². The molecule has 1 aliphatic heterocycles. The summed E-state index contributed by atoms with van der Waals surface area (Å²) >= 11 is 6.26. The molecule has 0 N–H and O–H groups in total. The molecule has 1 atom stereocenters. The summed E-state index contributed by atoms with van der Waals surface area (Å²) in [6.45, 7) is 10.8. The van der Waals surface area contributed by atoms with Gasteiger partial charge in [-0.25, -0.2) is 4.98 Å². The maximum atomic E-state index is 6.26. The molecule has 0 spiro atoms. The molecule has 138 valence electrons. The molecule has 26 heavy (non-hydrogen) atoms. The Hall–Kier alpha value is -1.71. The number of pyridine rings is 1. The maximum Gasteiger partial charge on any atom is 0.153 e. The van der Waals surface area contributed by atoms with E-state index < -0.39 is 0 Å². The lowest BCUT2D eigenvalue weighted by atomic mass is 9.93. The van der Waals surface area contributed by atoms with Crippen molar-refractivity contribution in [1.29, 1.82) is 0 Å². The number of aromatic nitrogens is 2. The molecule has 1 aromatic carbocycles. The Labute approximate surface area is 166 Å². The zero-order valence-electron chi connectivity index (χ0n) is 15.7. The van der Waals surface area contributed by atoms with Crippen LogP contribution >= 0.6 is 24.0 Å². The molecule has 3 heterocycles. The average Bonchev–Trinajstić information content (AvgIpc) is 2.87. The first kappa shape index (κ1) is 19.1. The molecule has 0 bridgehead atoms. The molecule has 0 saturated carbocycles. The first-order chi connectivity index (χ1) is 12.0. The minimum Gasteiger partial charge on any atom is -0.348 e. The number of aryl methyl sites for hydroxylation is 2. The molecule has 0 saturated heterocycles. The van der Waals surface area contributed by atoms with Crippen LogP contribution in [0.2, 0.25) is 5.02 Å². The quantitative estimate of drug-likeness (QED) is 0.546. The van der Waals surface area contributed by atoms with E-state index in [0.29, 0.717) is 0 Å². The summed E-state index contributed by atoms with van der Waals surface area (Å²) in [5, 5.41) is 2.12. The number of nitrogens with zero attached hydrogens (tertiary/aromatic N) is 3. The second-order valence-electron chi connectivity index (χ2n) is 6.95. The third kappa shape index (κ3) is 2.78. The molecule has 1 unspecified atom stereocenters. The predicted molar refractivity (Wildman–Crippen MR) is 113 cm³/mol. The minimum absolute atomic E-state index is 0. The maximum absolute atomic E-state index is 6.26. The third-order valence-corrected chi connectivity index (χ3v) is 6.00. The van der Waals surface area contributed by atoms with Gasteiger partial charge in [-0.2, -0.15) is 0 Å². The second-order valence-corrected chi connectivity index (χ2v) is 7.38. The van der Waals surface area contributed by atoms with E-state index in [9.17, 15) is 0 Å². The van der Waals surface area contributed by atoms with Gasteiger partial charge in [0.15, 0.2) is 5.82 Å².